The SMILES string of the molecule is O=[As]C(c1ccccc1)(c1ccccc1)c1ccccc1. The molecule has 0 heterocycles. The standard InChI is InChI=1S/C19H15AsO/c21-20-19(16-10-4-1-5-11-16,17-12-6-2-7-13-17)18-14-8-3-9-15-18/h1-15H. The fourth-order valence-corrected chi connectivity index (χ4v) is 4.30. The van der Waals surface area contributed by atoms with Crippen molar-refractivity contribution in [1.29, 1.82) is 0 Å². The zero-order valence-corrected chi connectivity index (χ0v) is 13.4. The van der Waals surface area contributed by atoms with E-state index in [0.717, 1.165) is 16.7 Å². The summed E-state index contributed by atoms with van der Waals surface area (Å²) in [4.78, 5) is 0. The van der Waals surface area contributed by atoms with E-state index in [9.17, 15) is 3.74 Å². The van der Waals surface area contributed by atoms with Crippen molar-refractivity contribution in [3.05, 3.63) is 108 Å². The van der Waals surface area contributed by atoms with Crippen molar-refractivity contribution in [3.8, 4) is 0 Å². The maximum atomic E-state index is 12.4. The topological polar surface area (TPSA) is 17.1 Å². The normalized spacial score (nSPS) is 11.4. The van der Waals surface area contributed by atoms with Crippen LogP contribution in [0.1, 0.15) is 16.7 Å². The van der Waals surface area contributed by atoms with Crippen LogP contribution in [0.3, 0.4) is 0 Å². The van der Waals surface area contributed by atoms with Crippen molar-refractivity contribution in [3.63, 3.8) is 0 Å². The second-order valence-corrected chi connectivity index (χ2v) is 6.69. The van der Waals surface area contributed by atoms with E-state index in [2.05, 4.69) is 36.4 Å². The molecule has 0 bridgehead atoms. The summed E-state index contributed by atoms with van der Waals surface area (Å²) < 4.78 is 11.9. The van der Waals surface area contributed by atoms with Gasteiger partial charge in [-0.15, -0.1) is 0 Å². The molecule has 3 aromatic rings. The monoisotopic (exact) mass is 334 g/mol. The van der Waals surface area contributed by atoms with Crippen LogP contribution in [0.5, 0.6) is 0 Å². The van der Waals surface area contributed by atoms with Crippen molar-refractivity contribution < 1.29 is 3.74 Å². The summed E-state index contributed by atoms with van der Waals surface area (Å²) in [5.41, 5.74) is 3.24. The van der Waals surface area contributed by atoms with Crippen LogP contribution in [-0.2, 0) is 7.94 Å². The molecule has 0 atom stereocenters. The molecule has 0 aliphatic carbocycles. The second kappa shape index (κ2) is 6.20. The van der Waals surface area contributed by atoms with E-state index >= 15 is 0 Å². The molecule has 3 aromatic carbocycles. The summed E-state index contributed by atoms with van der Waals surface area (Å²) in [6.07, 6.45) is 0. The van der Waals surface area contributed by atoms with Crippen LogP contribution in [-0.4, -0.2) is 15.7 Å². The summed E-state index contributed by atoms with van der Waals surface area (Å²) in [7, 11) is 0. The van der Waals surface area contributed by atoms with E-state index in [1.165, 1.54) is 0 Å². The van der Waals surface area contributed by atoms with Gasteiger partial charge in [-0.2, -0.15) is 0 Å². The number of rotatable bonds is 4. The van der Waals surface area contributed by atoms with Gasteiger partial charge in [0.2, 0.25) is 0 Å². The minimum atomic E-state index is -1.17. The molecule has 0 amide bonds. The molecule has 0 radical (unpaired) electrons. The molecule has 0 fully saturated rings. The molecule has 0 saturated heterocycles. The Kier molecular flexibility index (Phi) is 4.12. The van der Waals surface area contributed by atoms with Gasteiger partial charge in [0.15, 0.2) is 0 Å². The van der Waals surface area contributed by atoms with Crippen LogP contribution in [0.4, 0.5) is 0 Å². The molecule has 0 aliphatic heterocycles. The van der Waals surface area contributed by atoms with Crippen LogP contribution in [0.25, 0.3) is 0 Å². The maximum absolute atomic E-state index is 12.4. The van der Waals surface area contributed by atoms with Gasteiger partial charge in [0.25, 0.3) is 0 Å². The van der Waals surface area contributed by atoms with E-state index < -0.39 is 19.9 Å². The van der Waals surface area contributed by atoms with E-state index in [1.54, 1.807) is 0 Å². The van der Waals surface area contributed by atoms with Gasteiger partial charge in [-0.3, -0.25) is 0 Å². The van der Waals surface area contributed by atoms with Gasteiger partial charge in [-0.1, -0.05) is 0 Å². The third-order valence-corrected chi connectivity index (χ3v) is 5.91. The summed E-state index contributed by atoms with van der Waals surface area (Å²) in [5, 5.41) is 0. The zero-order chi connectivity index (χ0) is 14.5. The molecular weight excluding hydrogens is 319 g/mol. The Morgan fingerprint density at radius 3 is 1.05 bits per heavy atom. The first-order valence-corrected chi connectivity index (χ1v) is 8.59. The fraction of sp³-hybridized carbons (Fsp3) is 0.0526. The van der Waals surface area contributed by atoms with Crippen molar-refractivity contribution in [1.82, 2.24) is 0 Å². The van der Waals surface area contributed by atoms with E-state index in [4.69, 9.17) is 0 Å². The first kappa shape index (κ1) is 14.0. The molecule has 0 spiro atoms. The summed E-state index contributed by atoms with van der Waals surface area (Å²) in [5.74, 6) is 0. The van der Waals surface area contributed by atoms with Gasteiger partial charge in [-0.05, 0) is 0 Å². The molecule has 2 heteroatoms. The van der Waals surface area contributed by atoms with Crippen LogP contribution in [0.2, 0.25) is 0 Å². The molecule has 1 nitrogen and oxygen atoms in total. The molecule has 0 aromatic heterocycles. The zero-order valence-electron chi connectivity index (χ0n) is 11.5. The Bertz CT molecular complexity index is 612. The molecule has 0 N–H and O–H groups in total. The second-order valence-electron chi connectivity index (χ2n) is 4.90. The van der Waals surface area contributed by atoms with Crippen molar-refractivity contribution in [2.24, 2.45) is 0 Å². The van der Waals surface area contributed by atoms with Crippen LogP contribution in [0, 0.1) is 0 Å². The first-order chi connectivity index (χ1) is 10.4. The van der Waals surface area contributed by atoms with Gasteiger partial charge >= 0.3 is 131 Å². The third kappa shape index (κ3) is 2.50. The number of benzene rings is 3. The summed E-state index contributed by atoms with van der Waals surface area (Å²) in [6.45, 7) is 0. The molecule has 3 rings (SSSR count). The molecule has 0 unspecified atom stereocenters. The predicted octanol–water partition coefficient (Wildman–Crippen LogP) is 4.03. The Labute approximate surface area is 131 Å². The molecule has 0 aliphatic rings. The van der Waals surface area contributed by atoms with Gasteiger partial charge in [0.05, 0.1) is 0 Å². The Morgan fingerprint density at radius 2 is 0.810 bits per heavy atom. The average Bonchev–Trinajstić information content (AvgIpc) is 2.59. The minimum absolute atomic E-state index is 0.541. The van der Waals surface area contributed by atoms with E-state index in [1.807, 2.05) is 54.6 Å². The average molecular weight is 334 g/mol. The van der Waals surface area contributed by atoms with Crippen LogP contribution < -0.4 is 0 Å². The fourth-order valence-electron chi connectivity index (χ4n) is 2.70. The van der Waals surface area contributed by atoms with Gasteiger partial charge in [0, 0.05) is 0 Å². The first-order valence-electron chi connectivity index (χ1n) is 6.89. The molecule has 21 heavy (non-hydrogen) atoms. The van der Waals surface area contributed by atoms with Crippen molar-refractivity contribution in [2.45, 2.75) is 4.20 Å². The Balaban J connectivity index is 2.31. The summed E-state index contributed by atoms with van der Waals surface area (Å²) in [6, 6.07) is 30.4. The van der Waals surface area contributed by atoms with Crippen molar-refractivity contribution >= 4 is 15.7 Å². The molecule has 0 saturated carbocycles. The van der Waals surface area contributed by atoms with E-state index in [-0.39, 0.29) is 0 Å². The molecule has 102 valence electrons. The molecular formula is C19H15AsO. The van der Waals surface area contributed by atoms with Crippen molar-refractivity contribution in [2.75, 3.05) is 0 Å². The third-order valence-electron chi connectivity index (χ3n) is 3.71. The van der Waals surface area contributed by atoms with Gasteiger partial charge in [-0.25, -0.2) is 0 Å². The van der Waals surface area contributed by atoms with Crippen LogP contribution in [0.15, 0.2) is 91.0 Å². The van der Waals surface area contributed by atoms with E-state index in [0.29, 0.717) is 0 Å². The summed E-state index contributed by atoms with van der Waals surface area (Å²) >= 11 is -1.17. The number of hydrogen-bond acceptors (Lipinski definition) is 1. The predicted molar refractivity (Wildman–Crippen MR) is 85.6 cm³/mol. The Morgan fingerprint density at radius 1 is 0.524 bits per heavy atom. The quantitative estimate of drug-likeness (QED) is 0.520. The van der Waals surface area contributed by atoms with Gasteiger partial charge < -0.3 is 0 Å². The van der Waals surface area contributed by atoms with Gasteiger partial charge in [0.1, 0.15) is 0 Å². The Hall–Kier alpha value is -1.98. The number of hydrogen-bond donors (Lipinski definition) is 0. The van der Waals surface area contributed by atoms with Crippen LogP contribution >= 0.6 is 0 Å².